The number of nitrogen functional groups attached to an aromatic ring is 1. The summed E-state index contributed by atoms with van der Waals surface area (Å²) in [5.74, 6) is 0. The third-order valence-corrected chi connectivity index (χ3v) is 3.36. The molecule has 6 heteroatoms. The molecule has 1 aromatic carbocycles. The lowest BCUT2D eigenvalue weighted by molar-refractivity contribution is 0.328. The molecule has 3 rings (SSSR count). The molecule has 1 aliphatic rings. The van der Waals surface area contributed by atoms with Crippen LogP contribution in [0.5, 0.6) is 0 Å². The molecule has 0 radical (unpaired) electrons. The maximum Gasteiger partial charge on any atom is 0.277 e. The lowest BCUT2D eigenvalue weighted by Gasteiger charge is -2.23. The minimum atomic E-state index is -0.110. The summed E-state index contributed by atoms with van der Waals surface area (Å²) in [6.07, 6.45) is 2.00. The van der Waals surface area contributed by atoms with Gasteiger partial charge in [0.05, 0.1) is 17.1 Å². The zero-order valence-corrected chi connectivity index (χ0v) is 9.97. The SMILES string of the molecule is Nc1cccc2c(=O)n(C3CCCNC3)nnc12. The fraction of sp³-hybridized carbons (Fsp3) is 0.417. The largest absolute Gasteiger partial charge is 0.397 e. The van der Waals surface area contributed by atoms with Gasteiger partial charge in [-0.15, -0.1) is 5.10 Å². The molecule has 2 aromatic rings. The smallest absolute Gasteiger partial charge is 0.277 e. The zero-order valence-electron chi connectivity index (χ0n) is 9.97. The van der Waals surface area contributed by atoms with Crippen molar-refractivity contribution in [2.24, 2.45) is 0 Å². The van der Waals surface area contributed by atoms with Crippen LogP contribution in [0.15, 0.2) is 23.0 Å². The summed E-state index contributed by atoms with van der Waals surface area (Å²) in [5, 5.41) is 11.9. The molecule has 1 saturated heterocycles. The fourth-order valence-electron chi connectivity index (χ4n) is 2.38. The third-order valence-electron chi connectivity index (χ3n) is 3.36. The molecule has 1 aromatic heterocycles. The quantitative estimate of drug-likeness (QED) is 0.706. The number of anilines is 1. The first-order valence-corrected chi connectivity index (χ1v) is 6.12. The summed E-state index contributed by atoms with van der Waals surface area (Å²) in [6, 6.07) is 5.33. The van der Waals surface area contributed by atoms with Crippen LogP contribution < -0.4 is 16.6 Å². The number of hydrogen-bond acceptors (Lipinski definition) is 5. The Bertz CT molecular complexity index is 630. The molecule has 94 valence electrons. The first-order valence-electron chi connectivity index (χ1n) is 6.12. The van der Waals surface area contributed by atoms with Crippen LogP contribution in [0.1, 0.15) is 18.9 Å². The Morgan fingerprint density at radius 3 is 3.11 bits per heavy atom. The van der Waals surface area contributed by atoms with Crippen LogP contribution >= 0.6 is 0 Å². The van der Waals surface area contributed by atoms with E-state index in [4.69, 9.17) is 5.73 Å². The van der Waals surface area contributed by atoms with E-state index >= 15 is 0 Å². The van der Waals surface area contributed by atoms with Gasteiger partial charge < -0.3 is 11.1 Å². The molecule has 3 N–H and O–H groups in total. The van der Waals surface area contributed by atoms with E-state index in [-0.39, 0.29) is 11.6 Å². The van der Waals surface area contributed by atoms with Crippen molar-refractivity contribution in [2.45, 2.75) is 18.9 Å². The van der Waals surface area contributed by atoms with Crippen LogP contribution in [0.2, 0.25) is 0 Å². The summed E-state index contributed by atoms with van der Waals surface area (Å²) >= 11 is 0. The van der Waals surface area contributed by atoms with Crippen molar-refractivity contribution in [1.29, 1.82) is 0 Å². The normalized spacial score (nSPS) is 20.1. The van der Waals surface area contributed by atoms with E-state index in [9.17, 15) is 4.79 Å². The van der Waals surface area contributed by atoms with Crippen molar-refractivity contribution in [3.63, 3.8) is 0 Å². The van der Waals surface area contributed by atoms with Crippen LogP contribution in [-0.2, 0) is 0 Å². The van der Waals surface area contributed by atoms with Crippen LogP contribution in [0.3, 0.4) is 0 Å². The van der Waals surface area contributed by atoms with Gasteiger partial charge in [-0.05, 0) is 31.5 Å². The number of hydrogen-bond donors (Lipinski definition) is 2. The highest BCUT2D eigenvalue weighted by atomic mass is 16.1. The predicted octanol–water partition coefficient (Wildman–Crippen LogP) is 0.298. The van der Waals surface area contributed by atoms with Crippen LogP contribution in [-0.4, -0.2) is 28.1 Å². The van der Waals surface area contributed by atoms with E-state index in [0.29, 0.717) is 16.6 Å². The summed E-state index contributed by atoms with van der Waals surface area (Å²) in [7, 11) is 0. The molecule has 18 heavy (non-hydrogen) atoms. The molecule has 1 unspecified atom stereocenters. The molecule has 0 amide bonds. The van der Waals surface area contributed by atoms with E-state index in [1.54, 1.807) is 18.2 Å². The van der Waals surface area contributed by atoms with Crippen LogP contribution in [0.4, 0.5) is 5.69 Å². The Balaban J connectivity index is 2.14. The van der Waals surface area contributed by atoms with Gasteiger partial charge in [0, 0.05) is 6.54 Å². The number of nitrogens with zero attached hydrogens (tertiary/aromatic N) is 3. The molecule has 0 aliphatic carbocycles. The number of fused-ring (bicyclic) bond motifs is 1. The summed E-state index contributed by atoms with van der Waals surface area (Å²) in [6.45, 7) is 1.77. The second kappa shape index (κ2) is 4.38. The van der Waals surface area contributed by atoms with E-state index in [1.165, 1.54) is 4.68 Å². The Kier molecular flexibility index (Phi) is 2.71. The molecular formula is C12H15N5O. The highest BCUT2D eigenvalue weighted by molar-refractivity contribution is 5.87. The molecule has 2 heterocycles. The number of nitrogens with one attached hydrogen (secondary N) is 1. The summed E-state index contributed by atoms with van der Waals surface area (Å²) < 4.78 is 1.48. The van der Waals surface area contributed by atoms with Gasteiger partial charge in [-0.2, -0.15) is 0 Å². The van der Waals surface area contributed by atoms with Gasteiger partial charge in [0.1, 0.15) is 5.52 Å². The van der Waals surface area contributed by atoms with Crippen LogP contribution in [0.25, 0.3) is 10.9 Å². The van der Waals surface area contributed by atoms with Gasteiger partial charge in [0.15, 0.2) is 0 Å². The van der Waals surface area contributed by atoms with Gasteiger partial charge in [-0.3, -0.25) is 4.79 Å². The standard InChI is InChI=1S/C12H15N5O/c13-10-5-1-4-9-11(10)15-16-17(12(9)18)8-3-2-6-14-7-8/h1,4-5,8,14H,2-3,6-7,13H2. The zero-order chi connectivity index (χ0) is 12.5. The molecule has 0 bridgehead atoms. The molecule has 1 fully saturated rings. The van der Waals surface area contributed by atoms with Gasteiger partial charge in [-0.1, -0.05) is 11.3 Å². The fourth-order valence-corrected chi connectivity index (χ4v) is 2.38. The average Bonchev–Trinajstić information content (AvgIpc) is 2.41. The van der Waals surface area contributed by atoms with E-state index in [0.717, 1.165) is 25.9 Å². The van der Waals surface area contributed by atoms with Gasteiger partial charge in [0.25, 0.3) is 5.56 Å². The highest BCUT2D eigenvalue weighted by Gasteiger charge is 2.18. The van der Waals surface area contributed by atoms with E-state index < -0.39 is 0 Å². The minimum absolute atomic E-state index is 0.0876. The maximum atomic E-state index is 12.4. The number of aromatic nitrogens is 3. The van der Waals surface area contributed by atoms with Crippen molar-refractivity contribution in [3.05, 3.63) is 28.6 Å². The monoisotopic (exact) mass is 245 g/mol. The molecule has 1 aliphatic heterocycles. The van der Waals surface area contributed by atoms with E-state index in [2.05, 4.69) is 15.6 Å². The van der Waals surface area contributed by atoms with Crippen molar-refractivity contribution < 1.29 is 0 Å². The number of rotatable bonds is 1. The second-order valence-corrected chi connectivity index (χ2v) is 4.58. The second-order valence-electron chi connectivity index (χ2n) is 4.58. The Morgan fingerprint density at radius 1 is 1.44 bits per heavy atom. The van der Waals surface area contributed by atoms with Gasteiger partial charge in [-0.25, -0.2) is 4.68 Å². The number of piperidine rings is 1. The Labute approximate surface area is 104 Å². The molecule has 1 atom stereocenters. The first-order chi connectivity index (χ1) is 8.77. The summed E-state index contributed by atoms with van der Waals surface area (Å²) in [5.41, 5.74) is 6.66. The average molecular weight is 245 g/mol. The highest BCUT2D eigenvalue weighted by Crippen LogP contribution is 2.17. The molecule has 6 nitrogen and oxygen atoms in total. The van der Waals surface area contributed by atoms with Gasteiger partial charge in [0.2, 0.25) is 0 Å². The summed E-state index contributed by atoms with van der Waals surface area (Å²) in [4.78, 5) is 12.4. The molecule has 0 saturated carbocycles. The topological polar surface area (TPSA) is 85.8 Å². The number of nitrogens with two attached hydrogens (primary N) is 1. The van der Waals surface area contributed by atoms with Crippen molar-refractivity contribution in [3.8, 4) is 0 Å². The Hall–Kier alpha value is -1.95. The minimum Gasteiger partial charge on any atom is -0.397 e. The van der Waals surface area contributed by atoms with Crippen molar-refractivity contribution in [1.82, 2.24) is 20.3 Å². The van der Waals surface area contributed by atoms with E-state index in [1.807, 2.05) is 0 Å². The number of benzene rings is 1. The Morgan fingerprint density at radius 2 is 2.33 bits per heavy atom. The first kappa shape index (κ1) is 11.2. The van der Waals surface area contributed by atoms with Crippen molar-refractivity contribution >= 4 is 16.6 Å². The molecule has 0 spiro atoms. The lowest BCUT2D eigenvalue weighted by Crippen LogP contribution is -2.38. The maximum absolute atomic E-state index is 12.4. The lowest BCUT2D eigenvalue weighted by atomic mass is 10.1. The van der Waals surface area contributed by atoms with Crippen LogP contribution in [0, 0.1) is 0 Å². The predicted molar refractivity (Wildman–Crippen MR) is 69.4 cm³/mol. The third kappa shape index (κ3) is 1.74. The van der Waals surface area contributed by atoms with Crippen molar-refractivity contribution in [2.75, 3.05) is 18.8 Å². The molecular weight excluding hydrogens is 230 g/mol. The van der Waals surface area contributed by atoms with Gasteiger partial charge >= 0.3 is 0 Å².